The number of H-pyrrole nitrogens is 1. The van der Waals surface area contributed by atoms with Crippen molar-refractivity contribution >= 4 is 5.91 Å². The van der Waals surface area contributed by atoms with E-state index in [1.807, 2.05) is 18.2 Å². The van der Waals surface area contributed by atoms with Gasteiger partial charge in [-0.2, -0.15) is 20.7 Å². The summed E-state index contributed by atoms with van der Waals surface area (Å²) >= 11 is 0. The summed E-state index contributed by atoms with van der Waals surface area (Å²) in [7, 11) is 0. The first kappa shape index (κ1) is 20.4. The Balaban J connectivity index is 1.34. The number of hydrogen-bond acceptors (Lipinski definition) is 4. The number of benzene rings is 2. The van der Waals surface area contributed by atoms with Gasteiger partial charge in [0.05, 0.1) is 17.8 Å². The maximum atomic E-state index is 15.6. The molecule has 0 radical (unpaired) electrons. The average molecular weight is 429 g/mol. The topological polar surface area (TPSA) is 85.7 Å². The molecule has 162 valence electrons. The van der Waals surface area contributed by atoms with Gasteiger partial charge in [-0.15, -0.1) is 0 Å². The fourth-order valence-electron chi connectivity index (χ4n) is 4.70. The molecule has 1 aliphatic heterocycles. The molecular formula is C25H24FN5O. The average Bonchev–Trinajstić information content (AvgIpc) is 3.33. The third-order valence-corrected chi connectivity index (χ3v) is 6.91. The van der Waals surface area contributed by atoms with Crippen molar-refractivity contribution in [3.8, 4) is 17.3 Å². The first-order chi connectivity index (χ1) is 15.6. The molecule has 0 atom stereocenters. The van der Waals surface area contributed by atoms with Gasteiger partial charge in [-0.1, -0.05) is 24.6 Å². The number of alkyl halides is 1. The molecule has 7 heteroatoms. The van der Waals surface area contributed by atoms with Crippen LogP contribution in [0, 0.1) is 11.3 Å². The number of halogens is 1. The summed E-state index contributed by atoms with van der Waals surface area (Å²) in [5.74, 6) is 0.414. The van der Waals surface area contributed by atoms with Crippen LogP contribution in [0.1, 0.15) is 65.1 Å². The highest BCUT2D eigenvalue weighted by Crippen LogP contribution is 2.41. The molecular weight excluding hydrogens is 405 g/mol. The zero-order chi connectivity index (χ0) is 22.1. The second-order valence-electron chi connectivity index (χ2n) is 8.73. The van der Waals surface area contributed by atoms with Crippen molar-refractivity contribution in [3.05, 3.63) is 70.9 Å². The molecule has 1 saturated heterocycles. The van der Waals surface area contributed by atoms with E-state index >= 15 is 4.39 Å². The molecule has 1 aromatic heterocycles. The molecule has 0 bridgehead atoms. The fourth-order valence-corrected chi connectivity index (χ4v) is 4.70. The van der Waals surface area contributed by atoms with Crippen LogP contribution in [0.4, 0.5) is 4.39 Å². The molecule has 1 amide bonds. The zero-order valence-electron chi connectivity index (χ0n) is 17.7. The molecule has 0 spiro atoms. The number of carbonyl (C=O) groups excluding carboxylic acids is 1. The van der Waals surface area contributed by atoms with Crippen molar-refractivity contribution in [3.63, 3.8) is 0 Å². The van der Waals surface area contributed by atoms with E-state index in [1.165, 1.54) is 12.0 Å². The standard InChI is InChI=1S/C25H24FN5O/c26-25(20-7-4-17(15-27)5-8-20)10-12-31(13-11-25)24(32)19-6-9-21(18-2-1-3-18)22(14-19)23-16-28-30-29-23/h4-9,14,16,18H,1-3,10-13H2,(H,28,29,30). The number of piperidine rings is 1. The number of amides is 1. The van der Waals surface area contributed by atoms with Gasteiger partial charge in [-0.3, -0.25) is 4.79 Å². The van der Waals surface area contributed by atoms with E-state index in [2.05, 4.69) is 21.5 Å². The maximum absolute atomic E-state index is 15.6. The van der Waals surface area contributed by atoms with E-state index in [4.69, 9.17) is 5.26 Å². The monoisotopic (exact) mass is 429 g/mol. The molecule has 1 aliphatic carbocycles. The van der Waals surface area contributed by atoms with E-state index in [-0.39, 0.29) is 18.7 Å². The van der Waals surface area contributed by atoms with Crippen molar-refractivity contribution in [2.45, 2.75) is 43.7 Å². The lowest BCUT2D eigenvalue weighted by atomic mass is 9.77. The summed E-state index contributed by atoms with van der Waals surface area (Å²) in [6, 6.07) is 14.5. The number of likely N-dealkylation sites (tertiary alicyclic amines) is 1. The smallest absolute Gasteiger partial charge is 0.253 e. The van der Waals surface area contributed by atoms with Gasteiger partial charge in [0.1, 0.15) is 11.4 Å². The predicted molar refractivity (Wildman–Crippen MR) is 117 cm³/mol. The molecule has 2 heterocycles. The van der Waals surface area contributed by atoms with Crippen LogP contribution >= 0.6 is 0 Å². The van der Waals surface area contributed by atoms with Crippen LogP contribution in [-0.4, -0.2) is 39.3 Å². The van der Waals surface area contributed by atoms with E-state index in [1.54, 1.807) is 35.4 Å². The fraction of sp³-hybridized carbons (Fsp3) is 0.360. The van der Waals surface area contributed by atoms with Crippen molar-refractivity contribution in [2.24, 2.45) is 0 Å². The number of aromatic nitrogens is 3. The Morgan fingerprint density at radius 3 is 2.50 bits per heavy atom. The summed E-state index contributed by atoms with van der Waals surface area (Å²) in [5.41, 5.74) is 3.09. The number of aromatic amines is 1. The Morgan fingerprint density at radius 1 is 1.16 bits per heavy atom. The lowest BCUT2D eigenvalue weighted by Crippen LogP contribution is -2.43. The van der Waals surface area contributed by atoms with Crippen LogP contribution < -0.4 is 0 Å². The summed E-state index contributed by atoms with van der Waals surface area (Å²) in [4.78, 5) is 15.0. The van der Waals surface area contributed by atoms with Crippen LogP contribution in [0.2, 0.25) is 0 Å². The number of rotatable bonds is 4. The maximum Gasteiger partial charge on any atom is 0.253 e. The Labute approximate surface area is 186 Å². The third kappa shape index (κ3) is 3.66. The van der Waals surface area contributed by atoms with Crippen molar-refractivity contribution < 1.29 is 9.18 Å². The SMILES string of the molecule is N#Cc1ccc(C2(F)CCN(C(=O)c3ccc(C4CCC4)c(-c4cn[nH]n4)c3)CC2)cc1. The summed E-state index contributed by atoms with van der Waals surface area (Å²) in [6.45, 7) is 0.692. The van der Waals surface area contributed by atoms with Gasteiger partial charge in [0.15, 0.2) is 0 Å². The van der Waals surface area contributed by atoms with E-state index < -0.39 is 5.67 Å². The number of hydrogen-bond donors (Lipinski definition) is 1. The Morgan fingerprint density at radius 2 is 1.91 bits per heavy atom. The minimum absolute atomic E-state index is 0.0863. The minimum Gasteiger partial charge on any atom is -0.338 e. The lowest BCUT2D eigenvalue weighted by Gasteiger charge is -2.37. The molecule has 0 unspecified atom stereocenters. The number of nitrogens with one attached hydrogen (secondary N) is 1. The second kappa shape index (κ2) is 8.19. The number of carbonyl (C=O) groups is 1. The molecule has 5 rings (SSSR count). The van der Waals surface area contributed by atoms with E-state index in [9.17, 15) is 4.79 Å². The van der Waals surface area contributed by atoms with Crippen LogP contribution in [0.5, 0.6) is 0 Å². The number of nitrogens with zero attached hydrogens (tertiary/aromatic N) is 4. The van der Waals surface area contributed by atoms with Crippen molar-refractivity contribution in [1.29, 1.82) is 5.26 Å². The predicted octanol–water partition coefficient (Wildman–Crippen LogP) is 4.71. The van der Waals surface area contributed by atoms with Crippen LogP contribution in [0.25, 0.3) is 11.3 Å². The Hall–Kier alpha value is -3.53. The van der Waals surface area contributed by atoms with Crippen molar-refractivity contribution in [2.75, 3.05) is 13.1 Å². The highest BCUT2D eigenvalue weighted by atomic mass is 19.1. The highest BCUT2D eigenvalue weighted by Gasteiger charge is 2.38. The molecule has 3 aromatic rings. The largest absolute Gasteiger partial charge is 0.338 e. The van der Waals surface area contributed by atoms with Gasteiger partial charge in [-0.25, -0.2) is 4.39 Å². The highest BCUT2D eigenvalue weighted by molar-refractivity contribution is 5.95. The molecule has 6 nitrogen and oxygen atoms in total. The van der Waals surface area contributed by atoms with E-state index in [0.29, 0.717) is 35.7 Å². The number of nitriles is 1. The summed E-state index contributed by atoms with van der Waals surface area (Å²) in [5, 5.41) is 19.8. The molecule has 1 saturated carbocycles. The van der Waals surface area contributed by atoms with Gasteiger partial charge in [0.25, 0.3) is 5.91 Å². The second-order valence-corrected chi connectivity index (χ2v) is 8.73. The first-order valence-corrected chi connectivity index (χ1v) is 11.1. The normalized spacial score (nSPS) is 18.1. The Bertz CT molecular complexity index is 1150. The molecule has 2 fully saturated rings. The summed E-state index contributed by atoms with van der Waals surface area (Å²) < 4.78 is 15.6. The van der Waals surface area contributed by atoms with Gasteiger partial charge >= 0.3 is 0 Å². The van der Waals surface area contributed by atoms with Crippen LogP contribution in [-0.2, 0) is 5.67 Å². The minimum atomic E-state index is -1.48. The Kier molecular flexibility index (Phi) is 5.22. The van der Waals surface area contributed by atoms with Gasteiger partial charge in [-0.05, 0) is 54.2 Å². The lowest BCUT2D eigenvalue weighted by molar-refractivity contribution is 0.0421. The van der Waals surface area contributed by atoms with Gasteiger partial charge in [0, 0.05) is 37.1 Å². The van der Waals surface area contributed by atoms with E-state index in [0.717, 1.165) is 24.1 Å². The van der Waals surface area contributed by atoms with Crippen molar-refractivity contribution in [1.82, 2.24) is 20.3 Å². The van der Waals surface area contributed by atoms with Crippen LogP contribution in [0.15, 0.2) is 48.7 Å². The third-order valence-electron chi connectivity index (χ3n) is 6.91. The molecule has 2 aliphatic rings. The zero-order valence-corrected chi connectivity index (χ0v) is 17.7. The quantitative estimate of drug-likeness (QED) is 0.651. The molecule has 32 heavy (non-hydrogen) atoms. The summed E-state index contributed by atoms with van der Waals surface area (Å²) in [6.07, 6.45) is 5.68. The molecule has 1 N–H and O–H groups in total. The first-order valence-electron chi connectivity index (χ1n) is 11.1. The van der Waals surface area contributed by atoms with Crippen LogP contribution in [0.3, 0.4) is 0 Å². The van der Waals surface area contributed by atoms with Gasteiger partial charge in [0.2, 0.25) is 0 Å². The van der Waals surface area contributed by atoms with Gasteiger partial charge < -0.3 is 4.90 Å². The molecule has 2 aromatic carbocycles.